The van der Waals surface area contributed by atoms with Crippen LogP contribution in [0.2, 0.25) is 0 Å². The molecule has 2 N–H and O–H groups in total. The molecule has 2 atom stereocenters. The van der Waals surface area contributed by atoms with Gasteiger partial charge in [0.15, 0.2) is 11.8 Å². The van der Waals surface area contributed by atoms with Crippen LogP contribution in [0.25, 0.3) is 5.65 Å². The van der Waals surface area contributed by atoms with Crippen molar-refractivity contribution in [2.45, 2.75) is 58.5 Å². The Morgan fingerprint density at radius 1 is 1.20 bits per heavy atom. The van der Waals surface area contributed by atoms with Crippen LogP contribution in [0.4, 0.5) is 0 Å². The number of methoxy groups -OCH3 is 1. The molecular formula is C22H31N5O3. The van der Waals surface area contributed by atoms with Crippen molar-refractivity contribution in [2.24, 2.45) is 0 Å². The number of carbonyl (C=O) groups is 1. The molecule has 3 aromatic rings. The number of aromatic nitrogens is 4. The topological polar surface area (TPSA) is 93.5 Å². The molecule has 0 saturated heterocycles. The molecule has 1 amide bonds. The lowest BCUT2D eigenvalue weighted by Gasteiger charge is -2.18. The number of fused-ring (bicyclic) bond motifs is 1. The van der Waals surface area contributed by atoms with Crippen LogP contribution in [0.1, 0.15) is 58.5 Å². The number of carbonyl (C=O) groups excluding carboxylic acids is 1. The molecule has 8 nitrogen and oxygen atoms in total. The average Bonchev–Trinajstić information content (AvgIpc) is 3.30. The van der Waals surface area contributed by atoms with E-state index in [1.54, 1.807) is 36.0 Å². The molecule has 0 spiro atoms. The highest BCUT2D eigenvalue weighted by Crippen LogP contribution is 2.22. The molecule has 1 aromatic carbocycles. The van der Waals surface area contributed by atoms with E-state index in [2.05, 4.69) is 41.3 Å². The van der Waals surface area contributed by atoms with Crippen molar-refractivity contribution in [3.63, 3.8) is 0 Å². The van der Waals surface area contributed by atoms with E-state index in [0.717, 1.165) is 22.9 Å². The number of nitrogens with zero attached hydrogens (tertiary/aromatic N) is 3. The third-order valence-corrected chi connectivity index (χ3v) is 4.97. The van der Waals surface area contributed by atoms with E-state index in [9.17, 15) is 4.79 Å². The zero-order valence-corrected chi connectivity index (χ0v) is 18.5. The minimum Gasteiger partial charge on any atom is -0.497 e. The molecule has 0 aliphatic carbocycles. The average molecular weight is 414 g/mol. The molecule has 162 valence electrons. The number of hydrogen-bond acceptors (Lipinski definition) is 5. The Kier molecular flexibility index (Phi) is 6.34. The second-order valence-electron chi connectivity index (χ2n) is 8.50. The molecule has 2 unspecified atom stereocenters. The van der Waals surface area contributed by atoms with Gasteiger partial charge in [-0.25, -0.2) is 0 Å². The fourth-order valence-corrected chi connectivity index (χ4v) is 2.99. The number of amides is 1. The van der Waals surface area contributed by atoms with E-state index in [4.69, 9.17) is 9.47 Å². The number of benzene rings is 1. The zero-order valence-electron chi connectivity index (χ0n) is 18.5. The molecule has 8 heteroatoms. The van der Waals surface area contributed by atoms with Crippen LogP contribution < -0.4 is 14.8 Å². The van der Waals surface area contributed by atoms with E-state index < -0.39 is 6.10 Å². The molecule has 2 heterocycles. The molecule has 0 aliphatic rings. The Hall–Kier alpha value is -3.03. The molecule has 0 radical (unpaired) electrons. The van der Waals surface area contributed by atoms with Crippen molar-refractivity contribution in [2.75, 3.05) is 13.7 Å². The van der Waals surface area contributed by atoms with Gasteiger partial charge in [-0.15, -0.1) is 9.73 Å². The van der Waals surface area contributed by atoms with Crippen molar-refractivity contribution >= 4 is 11.6 Å². The molecule has 0 fully saturated rings. The Morgan fingerprint density at radius 3 is 2.43 bits per heavy atom. The standard InChI is InChI=1S/C22H31N5O3/c1-7-17(30-16-10-8-15(29-6)9-11-16)21(28)23-13-14(2)20-24-19-12-18(22(3,4)5)25-27(19)26-20/h8-12,14,17H,7,13H2,1-6H3,(H,23,28)(H,24,26). The summed E-state index contributed by atoms with van der Waals surface area (Å²) in [5, 5.41) is 12.0. The molecule has 2 aromatic heterocycles. The molecule has 0 bridgehead atoms. The summed E-state index contributed by atoms with van der Waals surface area (Å²) in [7, 11) is 1.61. The smallest absolute Gasteiger partial charge is 0.261 e. The van der Waals surface area contributed by atoms with Gasteiger partial charge in [-0.2, -0.15) is 5.10 Å². The zero-order chi connectivity index (χ0) is 21.9. The van der Waals surface area contributed by atoms with Crippen molar-refractivity contribution in [1.29, 1.82) is 0 Å². The SMILES string of the molecule is CCC(Oc1ccc(OC)cc1)C(=O)NCC(C)c1nn2nc(C(C)(C)C)cc2[nH]1. The molecule has 3 rings (SSSR count). The summed E-state index contributed by atoms with van der Waals surface area (Å²) in [6, 6.07) is 9.21. The van der Waals surface area contributed by atoms with Crippen LogP contribution in [-0.4, -0.2) is 45.5 Å². The summed E-state index contributed by atoms with van der Waals surface area (Å²) in [5.41, 5.74) is 1.80. The fraction of sp³-hybridized carbons (Fsp3) is 0.500. The summed E-state index contributed by atoms with van der Waals surface area (Å²) < 4.78 is 12.6. The Labute approximate surface area is 177 Å². The Bertz CT molecular complexity index is 953. The Morgan fingerprint density at radius 2 is 1.87 bits per heavy atom. The quantitative estimate of drug-likeness (QED) is 0.590. The first-order valence-corrected chi connectivity index (χ1v) is 10.3. The third-order valence-electron chi connectivity index (χ3n) is 4.97. The second kappa shape index (κ2) is 8.77. The van der Waals surface area contributed by atoms with Gasteiger partial charge in [0.05, 0.1) is 12.8 Å². The normalized spacial score (nSPS) is 13.8. The first kappa shape index (κ1) is 21.7. The van der Waals surface area contributed by atoms with Gasteiger partial charge >= 0.3 is 0 Å². The van der Waals surface area contributed by atoms with E-state index in [1.165, 1.54) is 0 Å². The summed E-state index contributed by atoms with van der Waals surface area (Å²) in [4.78, 5) is 15.9. The van der Waals surface area contributed by atoms with E-state index in [-0.39, 0.29) is 17.2 Å². The predicted octanol–water partition coefficient (Wildman–Crippen LogP) is 3.44. The van der Waals surface area contributed by atoms with Crippen LogP contribution in [0.3, 0.4) is 0 Å². The number of hydrogen-bond donors (Lipinski definition) is 2. The molecule has 0 aliphatic heterocycles. The lowest BCUT2D eigenvalue weighted by molar-refractivity contribution is -0.128. The van der Waals surface area contributed by atoms with Crippen molar-refractivity contribution in [1.82, 2.24) is 25.1 Å². The van der Waals surface area contributed by atoms with Crippen molar-refractivity contribution in [3.8, 4) is 11.5 Å². The van der Waals surface area contributed by atoms with Gasteiger partial charge in [-0.05, 0) is 30.7 Å². The number of nitrogens with one attached hydrogen (secondary N) is 2. The van der Waals surface area contributed by atoms with Crippen molar-refractivity contribution < 1.29 is 14.3 Å². The van der Waals surface area contributed by atoms with Crippen LogP contribution in [0, 0.1) is 0 Å². The minimum atomic E-state index is -0.561. The third kappa shape index (κ3) is 4.93. The van der Waals surface area contributed by atoms with E-state index in [1.807, 2.05) is 19.9 Å². The molecular weight excluding hydrogens is 382 g/mol. The maximum atomic E-state index is 12.6. The van der Waals surface area contributed by atoms with Gasteiger partial charge in [-0.3, -0.25) is 4.79 Å². The fourth-order valence-electron chi connectivity index (χ4n) is 2.99. The van der Waals surface area contributed by atoms with Crippen LogP contribution in [-0.2, 0) is 10.2 Å². The van der Waals surface area contributed by atoms with Gasteiger partial charge in [0.25, 0.3) is 5.91 Å². The summed E-state index contributed by atoms with van der Waals surface area (Å²) in [5.74, 6) is 2.02. The second-order valence-corrected chi connectivity index (χ2v) is 8.50. The van der Waals surface area contributed by atoms with Crippen LogP contribution in [0.15, 0.2) is 30.3 Å². The summed E-state index contributed by atoms with van der Waals surface area (Å²) in [6.07, 6.45) is 0.00462. The van der Waals surface area contributed by atoms with Gasteiger partial charge in [0.2, 0.25) is 0 Å². The summed E-state index contributed by atoms with van der Waals surface area (Å²) in [6.45, 7) is 10.7. The summed E-state index contributed by atoms with van der Waals surface area (Å²) >= 11 is 0. The van der Waals surface area contributed by atoms with Gasteiger partial charge in [0.1, 0.15) is 17.3 Å². The maximum Gasteiger partial charge on any atom is 0.261 e. The highest BCUT2D eigenvalue weighted by atomic mass is 16.5. The van der Waals surface area contributed by atoms with Gasteiger partial charge in [-0.1, -0.05) is 34.6 Å². The first-order chi connectivity index (χ1) is 14.2. The van der Waals surface area contributed by atoms with E-state index in [0.29, 0.717) is 18.7 Å². The number of H-pyrrole nitrogens is 1. The van der Waals surface area contributed by atoms with Crippen LogP contribution >= 0.6 is 0 Å². The molecule has 30 heavy (non-hydrogen) atoms. The number of ether oxygens (including phenoxy) is 2. The lowest BCUT2D eigenvalue weighted by Crippen LogP contribution is -2.39. The van der Waals surface area contributed by atoms with Gasteiger partial charge < -0.3 is 19.8 Å². The molecule has 0 saturated carbocycles. The van der Waals surface area contributed by atoms with E-state index >= 15 is 0 Å². The lowest BCUT2D eigenvalue weighted by atomic mass is 9.93. The van der Waals surface area contributed by atoms with Gasteiger partial charge in [0, 0.05) is 23.9 Å². The first-order valence-electron chi connectivity index (χ1n) is 10.3. The predicted molar refractivity (Wildman–Crippen MR) is 115 cm³/mol. The largest absolute Gasteiger partial charge is 0.497 e. The maximum absolute atomic E-state index is 12.6. The number of aromatic amines is 1. The Balaban J connectivity index is 1.58. The highest BCUT2D eigenvalue weighted by molar-refractivity contribution is 5.81. The van der Waals surface area contributed by atoms with Crippen LogP contribution in [0.5, 0.6) is 11.5 Å². The monoisotopic (exact) mass is 413 g/mol. The number of rotatable bonds is 8. The minimum absolute atomic E-state index is 0.00669. The highest BCUT2D eigenvalue weighted by Gasteiger charge is 2.22. The van der Waals surface area contributed by atoms with Crippen molar-refractivity contribution in [3.05, 3.63) is 41.9 Å².